The average Bonchev–Trinajstić information content (AvgIpc) is 3.00. The third kappa shape index (κ3) is 3.80. The number of likely N-dealkylation sites (tertiary alicyclic amines) is 1. The topological polar surface area (TPSA) is 70.4 Å². The summed E-state index contributed by atoms with van der Waals surface area (Å²) in [4.78, 5) is 13.6. The van der Waals surface area contributed by atoms with Crippen molar-refractivity contribution in [2.45, 2.75) is 26.3 Å². The van der Waals surface area contributed by atoms with Crippen molar-refractivity contribution in [2.24, 2.45) is 13.0 Å². The van der Waals surface area contributed by atoms with Crippen molar-refractivity contribution in [3.05, 3.63) is 17.5 Å². The van der Waals surface area contributed by atoms with E-state index in [0.717, 1.165) is 18.8 Å². The van der Waals surface area contributed by atoms with Gasteiger partial charge < -0.3 is 15.3 Å². The summed E-state index contributed by atoms with van der Waals surface area (Å²) in [6.45, 7) is 7.21. The van der Waals surface area contributed by atoms with Gasteiger partial charge in [0.2, 0.25) is 0 Å². The van der Waals surface area contributed by atoms with E-state index in [1.54, 1.807) is 11.7 Å². The van der Waals surface area contributed by atoms with Crippen molar-refractivity contribution in [1.82, 2.24) is 20.0 Å². The van der Waals surface area contributed by atoms with Gasteiger partial charge in [0, 0.05) is 20.1 Å². The van der Waals surface area contributed by atoms with Crippen LogP contribution in [-0.4, -0.2) is 51.9 Å². The van der Waals surface area contributed by atoms with Crippen molar-refractivity contribution in [1.29, 1.82) is 0 Å². The van der Waals surface area contributed by atoms with Crippen molar-refractivity contribution in [2.75, 3.05) is 26.2 Å². The van der Waals surface area contributed by atoms with E-state index in [9.17, 15) is 4.79 Å². The number of rotatable bonds is 7. The van der Waals surface area contributed by atoms with E-state index < -0.39 is 5.97 Å². The molecular weight excluding hydrogens is 256 g/mol. The molecule has 1 unspecified atom stereocenters. The first kappa shape index (κ1) is 15.0. The van der Waals surface area contributed by atoms with Crippen LogP contribution in [0.4, 0.5) is 0 Å². The minimum Gasteiger partial charge on any atom is -0.478 e. The van der Waals surface area contributed by atoms with Gasteiger partial charge in [0.05, 0.1) is 11.9 Å². The number of carboxylic acid groups (broad SMARTS) is 1. The zero-order valence-corrected chi connectivity index (χ0v) is 12.3. The summed E-state index contributed by atoms with van der Waals surface area (Å²) in [6.07, 6.45) is 4.04. The number of carbonyl (C=O) groups is 1. The van der Waals surface area contributed by atoms with Gasteiger partial charge in [-0.05, 0) is 38.4 Å². The van der Waals surface area contributed by atoms with E-state index in [1.165, 1.54) is 32.1 Å². The molecule has 0 bridgehead atoms. The predicted molar refractivity (Wildman–Crippen MR) is 76.7 cm³/mol. The maximum Gasteiger partial charge on any atom is 0.339 e. The Morgan fingerprint density at radius 3 is 2.85 bits per heavy atom. The molecule has 1 aliphatic heterocycles. The molecule has 0 spiro atoms. The summed E-state index contributed by atoms with van der Waals surface area (Å²) < 4.78 is 1.63. The molecule has 6 nitrogen and oxygen atoms in total. The minimum atomic E-state index is -0.917. The second-order valence-electron chi connectivity index (χ2n) is 5.68. The van der Waals surface area contributed by atoms with Gasteiger partial charge in [-0.2, -0.15) is 5.10 Å². The highest BCUT2D eigenvalue weighted by atomic mass is 16.4. The largest absolute Gasteiger partial charge is 0.478 e. The van der Waals surface area contributed by atoms with E-state index in [4.69, 9.17) is 5.11 Å². The summed E-state index contributed by atoms with van der Waals surface area (Å²) in [7, 11) is 1.77. The molecule has 1 aromatic heterocycles. The van der Waals surface area contributed by atoms with Crippen molar-refractivity contribution < 1.29 is 9.90 Å². The van der Waals surface area contributed by atoms with Gasteiger partial charge in [-0.15, -0.1) is 0 Å². The SMILES string of the molecule is CC(CNCc1c(C(=O)O)cnn1C)CN1CCCC1. The molecule has 2 N–H and O–H groups in total. The highest BCUT2D eigenvalue weighted by molar-refractivity contribution is 5.88. The van der Waals surface area contributed by atoms with Gasteiger partial charge in [-0.3, -0.25) is 4.68 Å². The first-order chi connectivity index (χ1) is 9.58. The number of nitrogens with one attached hydrogen (secondary N) is 1. The zero-order chi connectivity index (χ0) is 14.5. The Bertz CT molecular complexity index is 452. The lowest BCUT2D eigenvalue weighted by molar-refractivity contribution is 0.0695. The van der Waals surface area contributed by atoms with E-state index in [1.807, 2.05) is 0 Å². The van der Waals surface area contributed by atoms with E-state index >= 15 is 0 Å². The summed E-state index contributed by atoms with van der Waals surface area (Å²) in [5, 5.41) is 16.4. The van der Waals surface area contributed by atoms with Crippen LogP contribution in [0.3, 0.4) is 0 Å². The fraction of sp³-hybridized carbons (Fsp3) is 0.714. The number of hydrogen-bond acceptors (Lipinski definition) is 4. The summed E-state index contributed by atoms with van der Waals surface area (Å²) in [5.74, 6) is -0.352. The molecule has 20 heavy (non-hydrogen) atoms. The predicted octanol–water partition coefficient (Wildman–Crippen LogP) is 0.940. The maximum atomic E-state index is 11.1. The lowest BCUT2D eigenvalue weighted by Crippen LogP contribution is -2.32. The first-order valence-electron chi connectivity index (χ1n) is 7.25. The molecular formula is C14H24N4O2. The molecule has 1 fully saturated rings. The Labute approximate surface area is 119 Å². The van der Waals surface area contributed by atoms with Crippen LogP contribution in [0.5, 0.6) is 0 Å². The second kappa shape index (κ2) is 6.85. The summed E-state index contributed by atoms with van der Waals surface area (Å²) in [6, 6.07) is 0. The molecule has 2 heterocycles. The normalized spacial score (nSPS) is 17.5. The highest BCUT2D eigenvalue weighted by Crippen LogP contribution is 2.10. The Morgan fingerprint density at radius 1 is 1.50 bits per heavy atom. The number of hydrogen-bond donors (Lipinski definition) is 2. The molecule has 1 aliphatic rings. The van der Waals surface area contributed by atoms with Crippen LogP contribution in [0.25, 0.3) is 0 Å². The fourth-order valence-electron chi connectivity index (χ4n) is 2.76. The Kier molecular flexibility index (Phi) is 5.14. The number of nitrogens with zero attached hydrogens (tertiary/aromatic N) is 3. The molecule has 0 amide bonds. The van der Waals surface area contributed by atoms with Crippen molar-refractivity contribution in [3.63, 3.8) is 0 Å². The first-order valence-corrected chi connectivity index (χ1v) is 7.25. The molecule has 6 heteroatoms. The molecule has 0 aromatic carbocycles. The van der Waals surface area contributed by atoms with Gasteiger partial charge in [-0.1, -0.05) is 6.92 Å². The van der Waals surface area contributed by atoms with Crippen LogP contribution in [0.1, 0.15) is 35.8 Å². The van der Waals surface area contributed by atoms with E-state index in [2.05, 4.69) is 22.2 Å². The van der Waals surface area contributed by atoms with Crippen LogP contribution in [0.15, 0.2) is 6.20 Å². The Morgan fingerprint density at radius 2 is 2.20 bits per heavy atom. The molecule has 0 aliphatic carbocycles. The molecule has 1 atom stereocenters. The summed E-state index contributed by atoms with van der Waals surface area (Å²) in [5.41, 5.74) is 1.01. The zero-order valence-electron chi connectivity index (χ0n) is 12.3. The smallest absolute Gasteiger partial charge is 0.339 e. The molecule has 1 saturated heterocycles. The highest BCUT2D eigenvalue weighted by Gasteiger charge is 2.16. The Balaban J connectivity index is 1.77. The van der Waals surface area contributed by atoms with Crippen LogP contribution in [-0.2, 0) is 13.6 Å². The van der Waals surface area contributed by atoms with Crippen LogP contribution in [0, 0.1) is 5.92 Å². The molecule has 0 radical (unpaired) electrons. The second-order valence-corrected chi connectivity index (χ2v) is 5.68. The fourth-order valence-corrected chi connectivity index (χ4v) is 2.76. The third-order valence-corrected chi connectivity index (χ3v) is 3.85. The number of aromatic carboxylic acids is 1. The van der Waals surface area contributed by atoms with Gasteiger partial charge in [0.15, 0.2) is 0 Å². The minimum absolute atomic E-state index is 0.284. The Hall–Kier alpha value is -1.40. The van der Waals surface area contributed by atoms with E-state index in [-0.39, 0.29) is 5.56 Å². The number of aryl methyl sites for hydroxylation is 1. The monoisotopic (exact) mass is 280 g/mol. The average molecular weight is 280 g/mol. The number of aromatic nitrogens is 2. The quantitative estimate of drug-likeness (QED) is 0.778. The molecule has 2 rings (SSSR count). The lowest BCUT2D eigenvalue weighted by Gasteiger charge is -2.20. The maximum absolute atomic E-state index is 11.1. The van der Waals surface area contributed by atoms with E-state index in [0.29, 0.717) is 12.5 Å². The standard InChI is InChI=1S/C14H24N4O2/c1-11(10-18-5-3-4-6-18)7-15-9-13-12(14(19)20)8-16-17(13)2/h8,11,15H,3-7,9-10H2,1-2H3,(H,19,20). The van der Waals surface area contributed by atoms with Crippen molar-refractivity contribution >= 4 is 5.97 Å². The summed E-state index contributed by atoms with van der Waals surface area (Å²) >= 11 is 0. The van der Waals surface area contributed by atoms with Gasteiger partial charge in [0.1, 0.15) is 5.56 Å². The van der Waals surface area contributed by atoms with Gasteiger partial charge in [0.25, 0.3) is 0 Å². The number of carboxylic acids is 1. The molecule has 112 valence electrons. The third-order valence-electron chi connectivity index (χ3n) is 3.85. The van der Waals surface area contributed by atoms with Gasteiger partial charge in [-0.25, -0.2) is 4.79 Å². The molecule has 1 aromatic rings. The van der Waals surface area contributed by atoms with Gasteiger partial charge >= 0.3 is 5.97 Å². The molecule has 0 saturated carbocycles. The van der Waals surface area contributed by atoms with Crippen LogP contribution >= 0.6 is 0 Å². The van der Waals surface area contributed by atoms with Crippen LogP contribution in [0.2, 0.25) is 0 Å². The van der Waals surface area contributed by atoms with Crippen LogP contribution < -0.4 is 5.32 Å². The lowest BCUT2D eigenvalue weighted by atomic mass is 10.1. The van der Waals surface area contributed by atoms with Crippen molar-refractivity contribution in [3.8, 4) is 0 Å².